The highest BCUT2D eigenvalue weighted by molar-refractivity contribution is 7.89. The van der Waals surface area contributed by atoms with E-state index in [-0.39, 0.29) is 28.0 Å². The van der Waals surface area contributed by atoms with E-state index in [0.717, 1.165) is 18.5 Å². The van der Waals surface area contributed by atoms with Crippen molar-refractivity contribution in [3.05, 3.63) is 89.6 Å². The average Bonchev–Trinajstić information content (AvgIpc) is 3.71. The smallest absolute Gasteiger partial charge is 0.421 e. The molecule has 2 aliphatic rings. The third-order valence-electron chi connectivity index (χ3n) is 8.89. The predicted molar refractivity (Wildman–Crippen MR) is 189 cm³/mol. The maximum Gasteiger partial charge on any atom is 0.421 e. The standard InChI is InChI=1S/C35H37F3N8O5S/c1-39-32(47)26-10-3-4-11-28(26)41-31-27(35(36,37)38)22-40-34(43-31)42-29-13-12-24(21-30(29)51-2)44-16-18-45(19-17-44)33(48)23-8-7-9-25(20-23)52(49,50)46-14-5-6-15-46/h3-4,7-13,20-22H,5-6,14-19H2,1-2H3,(H,39,47)(H2,40,41,42,43). The van der Waals surface area contributed by atoms with Crippen molar-refractivity contribution in [3.63, 3.8) is 0 Å². The number of ether oxygens (including phenoxy) is 1. The molecular formula is C35H37F3N8O5S. The van der Waals surface area contributed by atoms with E-state index in [1.54, 1.807) is 47.4 Å². The molecule has 0 aliphatic carbocycles. The molecule has 17 heteroatoms. The molecule has 274 valence electrons. The van der Waals surface area contributed by atoms with Crippen LogP contribution in [-0.2, 0) is 16.2 Å². The molecule has 0 atom stereocenters. The molecule has 4 aromatic rings. The van der Waals surface area contributed by atoms with Crippen LogP contribution in [0.4, 0.5) is 42.0 Å². The highest BCUT2D eigenvalue weighted by Gasteiger charge is 2.36. The largest absolute Gasteiger partial charge is 0.494 e. The minimum absolute atomic E-state index is 0.111. The molecule has 0 spiro atoms. The van der Waals surface area contributed by atoms with E-state index in [0.29, 0.717) is 62.5 Å². The van der Waals surface area contributed by atoms with Gasteiger partial charge < -0.3 is 30.5 Å². The zero-order chi connectivity index (χ0) is 37.0. The van der Waals surface area contributed by atoms with Crippen LogP contribution in [0.25, 0.3) is 0 Å². The zero-order valence-corrected chi connectivity index (χ0v) is 29.2. The summed E-state index contributed by atoms with van der Waals surface area (Å²) in [5, 5.41) is 8.04. The number of nitrogens with one attached hydrogen (secondary N) is 3. The van der Waals surface area contributed by atoms with Gasteiger partial charge in [-0.05, 0) is 55.3 Å². The number of carbonyl (C=O) groups is 2. The van der Waals surface area contributed by atoms with Gasteiger partial charge in [-0.15, -0.1) is 0 Å². The molecule has 13 nitrogen and oxygen atoms in total. The summed E-state index contributed by atoms with van der Waals surface area (Å²) in [7, 11) is -0.790. The van der Waals surface area contributed by atoms with E-state index in [9.17, 15) is 31.2 Å². The summed E-state index contributed by atoms with van der Waals surface area (Å²) in [6.07, 6.45) is -2.49. The summed E-state index contributed by atoms with van der Waals surface area (Å²) >= 11 is 0. The second-order valence-corrected chi connectivity index (χ2v) is 14.1. The summed E-state index contributed by atoms with van der Waals surface area (Å²) in [6.45, 7) is 2.71. The van der Waals surface area contributed by atoms with Crippen molar-refractivity contribution in [2.75, 3.05) is 69.0 Å². The lowest BCUT2D eigenvalue weighted by atomic mass is 10.1. The number of piperazine rings is 1. The minimum atomic E-state index is -4.78. The molecule has 2 fully saturated rings. The fourth-order valence-corrected chi connectivity index (χ4v) is 7.68. The molecule has 0 bridgehead atoms. The van der Waals surface area contributed by atoms with Crippen LogP contribution in [0.15, 0.2) is 77.8 Å². The van der Waals surface area contributed by atoms with Gasteiger partial charge in [0, 0.05) is 69.8 Å². The number of halogens is 3. The Kier molecular flexibility index (Phi) is 10.5. The molecule has 6 rings (SSSR count). The molecule has 0 unspecified atom stereocenters. The van der Waals surface area contributed by atoms with Crippen LogP contribution in [0.5, 0.6) is 5.75 Å². The maximum atomic E-state index is 14.0. The average molecular weight is 739 g/mol. The van der Waals surface area contributed by atoms with Gasteiger partial charge in [0.25, 0.3) is 11.8 Å². The summed E-state index contributed by atoms with van der Waals surface area (Å²) in [5.74, 6) is -1.07. The van der Waals surface area contributed by atoms with Crippen molar-refractivity contribution < 1.29 is 35.9 Å². The Labute approximate surface area is 298 Å². The molecule has 2 saturated heterocycles. The van der Waals surface area contributed by atoms with Gasteiger partial charge in [-0.1, -0.05) is 18.2 Å². The van der Waals surface area contributed by atoms with E-state index < -0.39 is 33.5 Å². The molecule has 1 aromatic heterocycles. The van der Waals surface area contributed by atoms with Crippen LogP contribution >= 0.6 is 0 Å². The van der Waals surface area contributed by atoms with Crippen molar-refractivity contribution in [1.82, 2.24) is 24.5 Å². The molecule has 2 aliphatic heterocycles. The first-order chi connectivity index (χ1) is 24.9. The summed E-state index contributed by atoms with van der Waals surface area (Å²) in [4.78, 5) is 37.6. The van der Waals surface area contributed by atoms with Crippen LogP contribution < -0.4 is 25.6 Å². The van der Waals surface area contributed by atoms with Crippen molar-refractivity contribution >= 4 is 50.7 Å². The van der Waals surface area contributed by atoms with E-state index >= 15 is 0 Å². The Morgan fingerprint density at radius 2 is 1.60 bits per heavy atom. The van der Waals surface area contributed by atoms with Gasteiger partial charge in [-0.25, -0.2) is 13.4 Å². The number of para-hydroxylation sites is 1. The molecule has 0 saturated carbocycles. The second-order valence-electron chi connectivity index (χ2n) is 12.1. The first-order valence-electron chi connectivity index (χ1n) is 16.5. The number of anilines is 5. The Balaban J connectivity index is 1.15. The number of methoxy groups -OCH3 is 1. The number of sulfonamides is 1. The van der Waals surface area contributed by atoms with Crippen LogP contribution in [-0.4, -0.2) is 92.8 Å². The fraction of sp³-hybridized carbons (Fsp3) is 0.314. The lowest BCUT2D eigenvalue weighted by Crippen LogP contribution is -2.48. The van der Waals surface area contributed by atoms with Crippen LogP contribution in [0.2, 0.25) is 0 Å². The van der Waals surface area contributed by atoms with Crippen LogP contribution in [0.1, 0.15) is 39.1 Å². The number of amides is 2. The normalized spacial score (nSPS) is 15.3. The van der Waals surface area contributed by atoms with E-state index in [1.807, 2.05) is 0 Å². The number of alkyl halides is 3. The molecule has 3 N–H and O–H groups in total. The molecule has 3 heterocycles. The van der Waals surface area contributed by atoms with Crippen molar-refractivity contribution in [3.8, 4) is 5.75 Å². The van der Waals surface area contributed by atoms with Crippen molar-refractivity contribution in [2.24, 2.45) is 0 Å². The Hall–Kier alpha value is -5.42. The molecule has 2 amide bonds. The van der Waals surface area contributed by atoms with Gasteiger partial charge in [0.15, 0.2) is 0 Å². The van der Waals surface area contributed by atoms with Gasteiger partial charge in [-0.3, -0.25) is 9.59 Å². The minimum Gasteiger partial charge on any atom is -0.494 e. The van der Waals surface area contributed by atoms with Crippen LogP contribution in [0.3, 0.4) is 0 Å². The van der Waals surface area contributed by atoms with Gasteiger partial charge in [-0.2, -0.15) is 22.5 Å². The quantitative estimate of drug-likeness (QED) is 0.201. The number of aromatic nitrogens is 2. The topological polar surface area (TPSA) is 149 Å². The highest BCUT2D eigenvalue weighted by atomic mass is 32.2. The molecule has 0 radical (unpaired) electrons. The third-order valence-corrected chi connectivity index (χ3v) is 10.8. The zero-order valence-electron chi connectivity index (χ0n) is 28.4. The fourth-order valence-electron chi connectivity index (χ4n) is 6.11. The third kappa shape index (κ3) is 7.74. The van der Waals surface area contributed by atoms with Gasteiger partial charge in [0.2, 0.25) is 16.0 Å². The highest BCUT2D eigenvalue weighted by Crippen LogP contribution is 2.37. The first-order valence-corrected chi connectivity index (χ1v) is 17.9. The number of hydrogen-bond acceptors (Lipinski definition) is 10. The SMILES string of the molecule is CNC(=O)c1ccccc1Nc1nc(Nc2ccc(N3CCN(C(=O)c4cccc(S(=O)(=O)N5CCCC5)c4)CC3)cc2OC)ncc1C(F)(F)F. The summed E-state index contributed by atoms with van der Waals surface area (Å²) < 4.78 is 75.0. The second kappa shape index (κ2) is 15.1. The molecular weight excluding hydrogens is 701 g/mol. The molecule has 52 heavy (non-hydrogen) atoms. The van der Waals surface area contributed by atoms with Crippen molar-refractivity contribution in [1.29, 1.82) is 0 Å². The monoisotopic (exact) mass is 738 g/mol. The number of rotatable bonds is 10. The van der Waals surface area contributed by atoms with E-state index in [2.05, 4.69) is 30.8 Å². The first kappa shape index (κ1) is 36.4. The van der Waals surface area contributed by atoms with E-state index in [4.69, 9.17) is 4.74 Å². The summed E-state index contributed by atoms with van der Waals surface area (Å²) in [5.41, 5.74) is 0.621. The van der Waals surface area contributed by atoms with Gasteiger partial charge in [0.1, 0.15) is 17.1 Å². The van der Waals surface area contributed by atoms with Crippen LogP contribution in [0, 0.1) is 0 Å². The molecule has 3 aromatic carbocycles. The number of carbonyl (C=O) groups excluding carboxylic acids is 2. The Bertz CT molecular complexity index is 2070. The summed E-state index contributed by atoms with van der Waals surface area (Å²) in [6, 6.07) is 17.5. The number of nitrogens with zero attached hydrogens (tertiary/aromatic N) is 5. The Morgan fingerprint density at radius 1 is 0.865 bits per heavy atom. The Morgan fingerprint density at radius 3 is 2.29 bits per heavy atom. The lowest BCUT2D eigenvalue weighted by molar-refractivity contribution is -0.137. The van der Waals surface area contributed by atoms with Crippen molar-refractivity contribution in [2.45, 2.75) is 23.9 Å². The predicted octanol–water partition coefficient (Wildman–Crippen LogP) is 5.10. The maximum absolute atomic E-state index is 14.0. The van der Waals surface area contributed by atoms with Gasteiger partial charge >= 0.3 is 6.18 Å². The van der Waals surface area contributed by atoms with E-state index in [1.165, 1.54) is 42.7 Å². The number of benzene rings is 3. The van der Waals surface area contributed by atoms with Gasteiger partial charge in [0.05, 0.1) is 28.9 Å². The lowest BCUT2D eigenvalue weighted by Gasteiger charge is -2.36. The number of hydrogen-bond donors (Lipinski definition) is 3.